The molecule has 0 aliphatic carbocycles. The number of aromatic nitrogens is 1. The summed E-state index contributed by atoms with van der Waals surface area (Å²) in [6, 6.07) is 9.18. The SMILES string of the molecule is CC(C)c1ccc(S(=O)(=O)N2CCN(c3ccc(C(F)(F)F)cn3)CC2)cc1. The van der Waals surface area contributed by atoms with E-state index in [1.165, 1.54) is 10.4 Å². The van der Waals surface area contributed by atoms with E-state index in [1.54, 1.807) is 17.0 Å². The molecule has 152 valence electrons. The van der Waals surface area contributed by atoms with Gasteiger partial charge in [-0.3, -0.25) is 0 Å². The van der Waals surface area contributed by atoms with E-state index in [0.717, 1.165) is 17.8 Å². The smallest absolute Gasteiger partial charge is 0.354 e. The van der Waals surface area contributed by atoms with E-state index < -0.39 is 21.8 Å². The first-order valence-electron chi connectivity index (χ1n) is 8.97. The number of hydrogen-bond donors (Lipinski definition) is 0. The van der Waals surface area contributed by atoms with Crippen LogP contribution in [0.15, 0.2) is 47.5 Å². The van der Waals surface area contributed by atoms with Gasteiger partial charge in [-0.25, -0.2) is 13.4 Å². The molecule has 0 amide bonds. The van der Waals surface area contributed by atoms with Crippen molar-refractivity contribution in [2.45, 2.75) is 30.8 Å². The molecule has 1 aromatic heterocycles. The van der Waals surface area contributed by atoms with Crippen LogP contribution >= 0.6 is 0 Å². The predicted octanol–water partition coefficient (Wildman–Crippen LogP) is 3.73. The summed E-state index contributed by atoms with van der Waals surface area (Å²) in [5, 5.41) is 0. The fraction of sp³-hybridized carbons (Fsp3) is 0.421. The zero-order chi connectivity index (χ0) is 20.5. The third-order valence-electron chi connectivity index (χ3n) is 4.82. The second kappa shape index (κ2) is 7.71. The maximum atomic E-state index is 12.8. The van der Waals surface area contributed by atoms with Crippen LogP contribution in [0.4, 0.5) is 19.0 Å². The minimum Gasteiger partial charge on any atom is -0.354 e. The maximum absolute atomic E-state index is 12.8. The lowest BCUT2D eigenvalue weighted by molar-refractivity contribution is -0.137. The molecule has 5 nitrogen and oxygen atoms in total. The largest absolute Gasteiger partial charge is 0.417 e. The average molecular weight is 413 g/mol. The Morgan fingerprint density at radius 2 is 1.57 bits per heavy atom. The van der Waals surface area contributed by atoms with Crippen LogP contribution in [0.25, 0.3) is 0 Å². The minimum atomic E-state index is -4.43. The Morgan fingerprint density at radius 1 is 0.964 bits per heavy atom. The van der Waals surface area contributed by atoms with Crippen LogP contribution in [0.2, 0.25) is 0 Å². The summed E-state index contributed by atoms with van der Waals surface area (Å²) < 4.78 is 65.0. The summed E-state index contributed by atoms with van der Waals surface area (Å²) in [4.78, 5) is 5.91. The lowest BCUT2D eigenvalue weighted by Gasteiger charge is -2.34. The van der Waals surface area contributed by atoms with Crippen LogP contribution in [0.1, 0.15) is 30.9 Å². The summed E-state index contributed by atoms with van der Waals surface area (Å²) in [7, 11) is -3.60. The molecule has 1 fully saturated rings. The van der Waals surface area contributed by atoms with Gasteiger partial charge >= 0.3 is 6.18 Å². The normalized spacial score (nSPS) is 16.6. The highest BCUT2D eigenvalue weighted by Gasteiger charge is 2.32. The van der Waals surface area contributed by atoms with Gasteiger partial charge in [0.05, 0.1) is 10.5 Å². The lowest BCUT2D eigenvalue weighted by Crippen LogP contribution is -2.48. The van der Waals surface area contributed by atoms with Gasteiger partial charge in [0.1, 0.15) is 5.82 Å². The van der Waals surface area contributed by atoms with E-state index in [-0.39, 0.29) is 18.0 Å². The summed E-state index contributed by atoms with van der Waals surface area (Å²) in [5.41, 5.74) is 0.263. The Kier molecular flexibility index (Phi) is 5.67. The molecule has 0 unspecified atom stereocenters. The van der Waals surface area contributed by atoms with Crippen molar-refractivity contribution in [3.05, 3.63) is 53.7 Å². The second-order valence-corrected chi connectivity index (χ2v) is 8.96. The van der Waals surface area contributed by atoms with Gasteiger partial charge in [0.2, 0.25) is 10.0 Å². The third-order valence-corrected chi connectivity index (χ3v) is 6.74. The molecule has 0 saturated carbocycles. The van der Waals surface area contributed by atoms with E-state index in [2.05, 4.69) is 4.98 Å². The summed E-state index contributed by atoms with van der Waals surface area (Å²) >= 11 is 0. The second-order valence-electron chi connectivity index (χ2n) is 7.02. The number of sulfonamides is 1. The van der Waals surface area contributed by atoms with Crippen molar-refractivity contribution < 1.29 is 21.6 Å². The third kappa shape index (κ3) is 4.30. The fourth-order valence-corrected chi connectivity index (χ4v) is 4.49. The molecule has 0 spiro atoms. The Balaban J connectivity index is 1.67. The van der Waals surface area contributed by atoms with Crippen LogP contribution in [0.5, 0.6) is 0 Å². The molecule has 0 atom stereocenters. The zero-order valence-corrected chi connectivity index (χ0v) is 16.5. The van der Waals surface area contributed by atoms with E-state index >= 15 is 0 Å². The first-order chi connectivity index (χ1) is 13.1. The van der Waals surface area contributed by atoms with Gasteiger partial charge in [0.15, 0.2) is 0 Å². The van der Waals surface area contributed by atoms with Crippen LogP contribution in [-0.2, 0) is 16.2 Å². The maximum Gasteiger partial charge on any atom is 0.417 e. The van der Waals surface area contributed by atoms with Crippen LogP contribution in [-0.4, -0.2) is 43.9 Å². The van der Waals surface area contributed by atoms with Gasteiger partial charge in [0, 0.05) is 32.4 Å². The van der Waals surface area contributed by atoms with E-state index in [9.17, 15) is 21.6 Å². The van der Waals surface area contributed by atoms with Crippen molar-refractivity contribution in [2.24, 2.45) is 0 Å². The van der Waals surface area contributed by atoms with Crippen molar-refractivity contribution in [1.82, 2.24) is 9.29 Å². The average Bonchev–Trinajstić information content (AvgIpc) is 2.67. The monoisotopic (exact) mass is 413 g/mol. The Hall–Kier alpha value is -2.13. The van der Waals surface area contributed by atoms with Crippen molar-refractivity contribution in [2.75, 3.05) is 31.1 Å². The predicted molar refractivity (Wildman–Crippen MR) is 101 cm³/mol. The van der Waals surface area contributed by atoms with Crippen LogP contribution < -0.4 is 4.90 Å². The highest BCUT2D eigenvalue weighted by atomic mass is 32.2. The topological polar surface area (TPSA) is 53.5 Å². The Morgan fingerprint density at radius 3 is 2.04 bits per heavy atom. The molecule has 28 heavy (non-hydrogen) atoms. The molecule has 1 saturated heterocycles. The number of pyridine rings is 1. The first kappa shape index (κ1) is 20.6. The molecule has 0 bridgehead atoms. The molecule has 3 rings (SSSR count). The lowest BCUT2D eigenvalue weighted by atomic mass is 10.0. The highest BCUT2D eigenvalue weighted by molar-refractivity contribution is 7.89. The molecule has 1 aliphatic heterocycles. The zero-order valence-electron chi connectivity index (χ0n) is 15.6. The van der Waals surface area contributed by atoms with Crippen molar-refractivity contribution >= 4 is 15.8 Å². The number of rotatable bonds is 4. The number of piperazine rings is 1. The standard InChI is InChI=1S/C19H22F3N3O2S/c1-14(2)15-3-6-17(7-4-15)28(26,27)25-11-9-24(10-12-25)18-8-5-16(13-23-18)19(20,21)22/h3-8,13-14H,9-12H2,1-2H3. The number of halogens is 3. The number of alkyl halides is 3. The number of anilines is 1. The molecule has 1 aromatic carbocycles. The van der Waals surface area contributed by atoms with Gasteiger partial charge in [-0.2, -0.15) is 17.5 Å². The van der Waals surface area contributed by atoms with Crippen molar-refractivity contribution in [1.29, 1.82) is 0 Å². The molecular weight excluding hydrogens is 391 g/mol. The number of hydrogen-bond acceptors (Lipinski definition) is 4. The van der Waals surface area contributed by atoms with Gasteiger partial charge in [0.25, 0.3) is 0 Å². The summed E-state index contributed by atoms with van der Waals surface area (Å²) in [6.45, 7) is 5.30. The summed E-state index contributed by atoms with van der Waals surface area (Å²) in [5.74, 6) is 0.725. The fourth-order valence-electron chi connectivity index (χ4n) is 3.07. The van der Waals surface area contributed by atoms with Crippen LogP contribution in [0, 0.1) is 0 Å². The molecule has 0 radical (unpaired) electrons. The molecule has 2 aromatic rings. The van der Waals surface area contributed by atoms with E-state index in [4.69, 9.17) is 0 Å². The molecule has 2 heterocycles. The van der Waals surface area contributed by atoms with Gasteiger partial charge in [-0.1, -0.05) is 26.0 Å². The number of nitrogens with zero attached hydrogens (tertiary/aromatic N) is 3. The molecular formula is C19H22F3N3O2S. The highest BCUT2D eigenvalue weighted by Crippen LogP contribution is 2.29. The van der Waals surface area contributed by atoms with Crippen molar-refractivity contribution in [3.63, 3.8) is 0 Å². The van der Waals surface area contributed by atoms with Gasteiger partial charge in [-0.15, -0.1) is 0 Å². The van der Waals surface area contributed by atoms with Crippen molar-refractivity contribution in [3.8, 4) is 0 Å². The van der Waals surface area contributed by atoms with Gasteiger partial charge < -0.3 is 4.90 Å². The number of benzene rings is 1. The molecule has 1 aliphatic rings. The quantitative estimate of drug-likeness (QED) is 0.766. The Labute approximate surface area is 162 Å². The van der Waals surface area contributed by atoms with E-state index in [1.807, 2.05) is 26.0 Å². The van der Waals surface area contributed by atoms with E-state index in [0.29, 0.717) is 24.8 Å². The first-order valence-corrected chi connectivity index (χ1v) is 10.4. The van der Waals surface area contributed by atoms with Gasteiger partial charge in [-0.05, 0) is 35.7 Å². The minimum absolute atomic E-state index is 0.247. The molecule has 9 heteroatoms. The summed E-state index contributed by atoms with van der Waals surface area (Å²) in [6.07, 6.45) is -3.63. The molecule has 0 N–H and O–H groups in total. The van der Waals surface area contributed by atoms with Crippen LogP contribution in [0.3, 0.4) is 0 Å². The Bertz CT molecular complexity index is 903.